The molecule has 1 rings (SSSR count). The summed E-state index contributed by atoms with van der Waals surface area (Å²) in [6.07, 6.45) is 0. The van der Waals surface area contributed by atoms with Gasteiger partial charge in [-0.3, -0.25) is 0 Å². The van der Waals surface area contributed by atoms with Crippen molar-refractivity contribution in [2.45, 2.75) is 38.9 Å². The van der Waals surface area contributed by atoms with Gasteiger partial charge in [0, 0.05) is 11.3 Å². The van der Waals surface area contributed by atoms with Crippen LogP contribution < -0.4 is 11.2 Å². The highest BCUT2D eigenvalue weighted by molar-refractivity contribution is 6.47. The molecule has 1 aromatic rings. The van der Waals surface area contributed by atoms with Gasteiger partial charge in [-0.05, 0) is 33.8 Å². The van der Waals surface area contributed by atoms with Crippen LogP contribution in [-0.2, 0) is 4.65 Å². The van der Waals surface area contributed by atoms with Crippen molar-refractivity contribution >= 4 is 18.6 Å². The summed E-state index contributed by atoms with van der Waals surface area (Å²) in [4.78, 5) is 0. The minimum Gasteiger partial charge on any atom is -0.649 e. The van der Waals surface area contributed by atoms with E-state index in [1.54, 1.807) is 21.3 Å². The molecule has 0 aliphatic rings. The summed E-state index contributed by atoms with van der Waals surface area (Å²) >= 11 is 0. The van der Waals surface area contributed by atoms with Crippen LogP contribution in [0, 0.1) is 0 Å². The van der Waals surface area contributed by atoms with Gasteiger partial charge < -0.3 is 15.5 Å². The largest absolute Gasteiger partial charge is 0.649 e. The summed E-state index contributed by atoms with van der Waals surface area (Å²) < 4.78 is 5.60. The average Bonchev–Trinajstić information content (AvgIpc) is 2.13. The van der Waals surface area contributed by atoms with E-state index < -0.39 is 11.2 Å². The molecule has 0 bridgehead atoms. The standard InChI is InChI=1S/C12H19BNO2/c1-11(2,15)12(3,4)16-13-9-6-5-7-10(14)8-9/h5-8,15H,14H2,1-4H3/q-1. The number of nitrogens with two attached hydrogens (primary N) is 1. The summed E-state index contributed by atoms with van der Waals surface area (Å²) in [6.45, 7) is 7.13. The van der Waals surface area contributed by atoms with Crippen LogP contribution in [0.5, 0.6) is 0 Å². The summed E-state index contributed by atoms with van der Waals surface area (Å²) in [5.74, 6) is 0. The van der Waals surface area contributed by atoms with Crippen LogP contribution in [0.2, 0.25) is 0 Å². The smallest absolute Gasteiger partial charge is 0.0833 e. The first kappa shape index (κ1) is 13.1. The fourth-order valence-electron chi connectivity index (χ4n) is 0.992. The third kappa shape index (κ3) is 3.25. The number of nitrogen functional groups attached to an aromatic ring is 1. The molecule has 3 N–H and O–H groups in total. The molecular weight excluding hydrogens is 201 g/mol. The molecule has 16 heavy (non-hydrogen) atoms. The van der Waals surface area contributed by atoms with E-state index in [0.29, 0.717) is 5.69 Å². The molecule has 3 nitrogen and oxygen atoms in total. The molecule has 0 unspecified atom stereocenters. The quantitative estimate of drug-likeness (QED) is 0.589. The van der Waals surface area contributed by atoms with Crippen molar-refractivity contribution in [3.8, 4) is 0 Å². The van der Waals surface area contributed by atoms with Gasteiger partial charge >= 0.3 is 0 Å². The van der Waals surface area contributed by atoms with Crippen LogP contribution in [0.15, 0.2) is 24.3 Å². The molecule has 0 aromatic heterocycles. The molecule has 0 heterocycles. The lowest BCUT2D eigenvalue weighted by Crippen LogP contribution is -2.49. The Labute approximate surface area is 97.9 Å². The lowest BCUT2D eigenvalue weighted by Gasteiger charge is -2.45. The summed E-state index contributed by atoms with van der Waals surface area (Å²) in [6, 6.07) is 7.40. The van der Waals surface area contributed by atoms with Gasteiger partial charge in [-0.25, -0.2) is 5.46 Å². The van der Waals surface area contributed by atoms with Gasteiger partial charge in [0.2, 0.25) is 0 Å². The molecule has 0 saturated heterocycles. The zero-order chi connectivity index (χ0) is 12.4. The van der Waals surface area contributed by atoms with E-state index in [1.165, 1.54) is 0 Å². The van der Waals surface area contributed by atoms with Gasteiger partial charge in [-0.2, -0.15) is 0 Å². The van der Waals surface area contributed by atoms with Gasteiger partial charge in [0.1, 0.15) is 0 Å². The average molecular weight is 220 g/mol. The second kappa shape index (κ2) is 4.48. The third-order valence-electron chi connectivity index (χ3n) is 2.87. The molecule has 0 aliphatic carbocycles. The predicted molar refractivity (Wildman–Crippen MR) is 67.7 cm³/mol. The highest BCUT2D eigenvalue weighted by atomic mass is 16.5. The predicted octanol–water partition coefficient (Wildman–Crippen LogP) is 1.08. The number of hydrogen-bond donors (Lipinski definition) is 2. The van der Waals surface area contributed by atoms with Gasteiger partial charge in [0.15, 0.2) is 0 Å². The Balaban J connectivity index is 2.65. The van der Waals surface area contributed by atoms with Crippen LogP contribution in [0.3, 0.4) is 0 Å². The van der Waals surface area contributed by atoms with Gasteiger partial charge in [-0.1, -0.05) is 12.1 Å². The Morgan fingerprint density at radius 1 is 1.25 bits per heavy atom. The maximum Gasteiger partial charge on any atom is 0.0833 e. The van der Waals surface area contributed by atoms with E-state index >= 15 is 0 Å². The van der Waals surface area contributed by atoms with E-state index in [9.17, 15) is 5.11 Å². The van der Waals surface area contributed by atoms with Crippen molar-refractivity contribution < 1.29 is 9.76 Å². The van der Waals surface area contributed by atoms with Gasteiger partial charge in [0.05, 0.1) is 5.60 Å². The topological polar surface area (TPSA) is 55.5 Å². The first-order chi connectivity index (χ1) is 7.22. The highest BCUT2D eigenvalue weighted by Crippen LogP contribution is 2.24. The Hall–Kier alpha value is -0.995. The van der Waals surface area contributed by atoms with Gasteiger partial charge in [-0.15, -0.1) is 13.5 Å². The van der Waals surface area contributed by atoms with E-state index in [2.05, 4.69) is 0 Å². The number of hydrogen-bond acceptors (Lipinski definition) is 3. The van der Waals surface area contributed by atoms with Crippen molar-refractivity contribution in [2.75, 3.05) is 5.73 Å². The van der Waals surface area contributed by atoms with Crippen LogP contribution in [0.4, 0.5) is 5.69 Å². The fraction of sp³-hybridized carbons (Fsp3) is 0.500. The van der Waals surface area contributed by atoms with Crippen molar-refractivity contribution in [1.82, 2.24) is 0 Å². The molecule has 1 aromatic carbocycles. The third-order valence-corrected chi connectivity index (χ3v) is 2.87. The normalized spacial score (nSPS) is 12.8. The molecule has 4 heteroatoms. The first-order valence-corrected chi connectivity index (χ1v) is 5.31. The molecule has 0 saturated carbocycles. The van der Waals surface area contributed by atoms with Crippen molar-refractivity contribution in [2.24, 2.45) is 0 Å². The molecular formula is C12H19BNO2-. The molecule has 0 aliphatic heterocycles. The maximum atomic E-state index is 9.91. The van der Waals surface area contributed by atoms with Crippen molar-refractivity contribution in [3.63, 3.8) is 0 Å². The summed E-state index contributed by atoms with van der Waals surface area (Å²) in [5, 5.41) is 9.91. The minimum absolute atomic E-state index is 0.655. The van der Waals surface area contributed by atoms with E-state index in [1.807, 2.05) is 38.1 Å². The fourth-order valence-corrected chi connectivity index (χ4v) is 0.992. The van der Waals surface area contributed by atoms with E-state index in [0.717, 1.165) is 5.46 Å². The Kier molecular flexibility index (Phi) is 3.66. The molecule has 2 radical (unpaired) electrons. The highest BCUT2D eigenvalue weighted by Gasteiger charge is 2.31. The SMILES string of the molecule is CC(C)(O)C(C)(C)O[B-]c1cccc(N)c1. The molecule has 0 spiro atoms. The Bertz CT molecular complexity index is 358. The van der Waals surface area contributed by atoms with Crippen LogP contribution >= 0.6 is 0 Å². The summed E-state index contributed by atoms with van der Waals surface area (Å²) in [7, 11) is 1.62. The number of rotatable bonds is 4. The number of benzene rings is 1. The monoisotopic (exact) mass is 220 g/mol. The van der Waals surface area contributed by atoms with Crippen molar-refractivity contribution in [1.29, 1.82) is 0 Å². The Morgan fingerprint density at radius 2 is 1.88 bits per heavy atom. The van der Waals surface area contributed by atoms with E-state index in [-0.39, 0.29) is 0 Å². The zero-order valence-corrected chi connectivity index (χ0v) is 10.3. The number of anilines is 1. The maximum absolute atomic E-state index is 9.91. The van der Waals surface area contributed by atoms with E-state index in [4.69, 9.17) is 10.4 Å². The zero-order valence-electron chi connectivity index (χ0n) is 10.3. The van der Waals surface area contributed by atoms with Crippen LogP contribution in [-0.4, -0.2) is 23.8 Å². The van der Waals surface area contributed by atoms with Crippen molar-refractivity contribution in [3.05, 3.63) is 24.3 Å². The second-order valence-electron chi connectivity index (χ2n) is 4.98. The second-order valence-corrected chi connectivity index (χ2v) is 4.98. The minimum atomic E-state index is -0.913. The number of aliphatic hydroxyl groups is 1. The van der Waals surface area contributed by atoms with Gasteiger partial charge in [0.25, 0.3) is 0 Å². The molecule has 0 amide bonds. The molecule has 0 atom stereocenters. The Morgan fingerprint density at radius 3 is 2.38 bits per heavy atom. The lowest BCUT2D eigenvalue weighted by atomic mass is 9.82. The summed E-state index contributed by atoms with van der Waals surface area (Å²) in [5.41, 5.74) is 5.67. The van der Waals surface area contributed by atoms with Crippen LogP contribution in [0.25, 0.3) is 0 Å². The van der Waals surface area contributed by atoms with Crippen LogP contribution in [0.1, 0.15) is 27.7 Å². The molecule has 0 fully saturated rings. The first-order valence-electron chi connectivity index (χ1n) is 5.31. The molecule has 88 valence electrons. The lowest BCUT2D eigenvalue weighted by molar-refractivity contribution is -0.0893.